The lowest BCUT2D eigenvalue weighted by atomic mass is 9.95. The third-order valence-electron chi connectivity index (χ3n) is 6.98. The Morgan fingerprint density at radius 2 is 1.87 bits per heavy atom. The monoisotopic (exact) mass is 422 g/mol. The molecule has 5 rings (SSSR count). The van der Waals surface area contributed by atoms with Gasteiger partial charge in [0.1, 0.15) is 18.1 Å². The lowest BCUT2D eigenvalue weighted by Gasteiger charge is -2.31. The first-order valence-electron chi connectivity index (χ1n) is 11.4. The SMILES string of the molecule is Cc1c(C)n(C2CCCCC2)c2ncnc(OC3CCN(C(=O)c4ccco4)CC3)c12. The summed E-state index contributed by atoms with van der Waals surface area (Å²) in [5.41, 5.74) is 3.48. The molecular weight excluding hydrogens is 392 g/mol. The number of ether oxygens (including phenoxy) is 1. The summed E-state index contributed by atoms with van der Waals surface area (Å²) < 4.78 is 14.1. The van der Waals surface area contributed by atoms with Gasteiger partial charge in [0.15, 0.2) is 5.76 Å². The maximum atomic E-state index is 12.5. The maximum absolute atomic E-state index is 12.5. The van der Waals surface area contributed by atoms with Crippen molar-refractivity contribution in [3.05, 3.63) is 41.7 Å². The van der Waals surface area contributed by atoms with E-state index in [0.29, 0.717) is 30.8 Å². The molecule has 1 saturated heterocycles. The lowest BCUT2D eigenvalue weighted by Crippen LogP contribution is -2.41. The summed E-state index contributed by atoms with van der Waals surface area (Å²) in [5.74, 6) is 1.02. The van der Waals surface area contributed by atoms with Crippen LogP contribution in [0, 0.1) is 13.8 Å². The predicted molar refractivity (Wildman–Crippen MR) is 117 cm³/mol. The molecule has 7 heteroatoms. The van der Waals surface area contributed by atoms with Crippen LogP contribution in [0.25, 0.3) is 11.0 Å². The van der Waals surface area contributed by atoms with Gasteiger partial charge in [-0.3, -0.25) is 4.79 Å². The van der Waals surface area contributed by atoms with Crippen LogP contribution >= 0.6 is 0 Å². The molecule has 0 radical (unpaired) electrons. The number of likely N-dealkylation sites (tertiary alicyclic amines) is 1. The van der Waals surface area contributed by atoms with E-state index in [4.69, 9.17) is 9.15 Å². The molecule has 31 heavy (non-hydrogen) atoms. The van der Waals surface area contributed by atoms with Crippen molar-refractivity contribution in [1.82, 2.24) is 19.4 Å². The quantitative estimate of drug-likeness (QED) is 0.602. The highest BCUT2D eigenvalue weighted by atomic mass is 16.5. The largest absolute Gasteiger partial charge is 0.474 e. The van der Waals surface area contributed by atoms with Crippen molar-refractivity contribution in [3.8, 4) is 5.88 Å². The lowest BCUT2D eigenvalue weighted by molar-refractivity contribution is 0.0562. The average Bonchev–Trinajstić information content (AvgIpc) is 3.42. The number of aryl methyl sites for hydroxylation is 1. The number of rotatable bonds is 4. The predicted octanol–water partition coefficient (Wildman–Crippen LogP) is 4.83. The summed E-state index contributed by atoms with van der Waals surface area (Å²) in [6.07, 6.45) is 11.1. The minimum absolute atomic E-state index is 0.0384. The van der Waals surface area contributed by atoms with Crippen molar-refractivity contribution in [3.63, 3.8) is 0 Å². The molecule has 0 spiro atoms. The summed E-state index contributed by atoms with van der Waals surface area (Å²) >= 11 is 0. The van der Waals surface area contributed by atoms with Gasteiger partial charge in [0.2, 0.25) is 5.88 Å². The van der Waals surface area contributed by atoms with E-state index < -0.39 is 0 Å². The number of amides is 1. The van der Waals surface area contributed by atoms with Crippen molar-refractivity contribution in [2.24, 2.45) is 0 Å². The third kappa shape index (κ3) is 3.70. The van der Waals surface area contributed by atoms with Crippen LogP contribution in [-0.4, -0.2) is 44.5 Å². The molecule has 4 heterocycles. The Morgan fingerprint density at radius 1 is 1.10 bits per heavy atom. The molecule has 3 aromatic heterocycles. The highest BCUT2D eigenvalue weighted by Crippen LogP contribution is 2.37. The molecule has 0 atom stereocenters. The van der Waals surface area contributed by atoms with Crippen LogP contribution in [-0.2, 0) is 0 Å². The molecule has 3 aromatic rings. The van der Waals surface area contributed by atoms with Gasteiger partial charge >= 0.3 is 0 Å². The van der Waals surface area contributed by atoms with Crippen LogP contribution in [0.15, 0.2) is 29.1 Å². The van der Waals surface area contributed by atoms with Crippen LogP contribution < -0.4 is 4.74 Å². The molecule has 1 aliphatic heterocycles. The fraction of sp³-hybridized carbons (Fsp3) is 0.542. The van der Waals surface area contributed by atoms with E-state index in [1.807, 2.05) is 4.90 Å². The zero-order valence-corrected chi connectivity index (χ0v) is 18.3. The molecule has 0 aromatic carbocycles. The summed E-state index contributed by atoms with van der Waals surface area (Å²) in [6.45, 7) is 5.64. The second-order valence-electron chi connectivity index (χ2n) is 8.84. The molecule has 0 bridgehead atoms. The van der Waals surface area contributed by atoms with Crippen molar-refractivity contribution in [2.75, 3.05) is 13.1 Å². The fourth-order valence-corrected chi connectivity index (χ4v) is 5.16. The average molecular weight is 423 g/mol. The molecule has 2 aliphatic rings. The number of piperidine rings is 1. The van der Waals surface area contributed by atoms with E-state index in [9.17, 15) is 4.79 Å². The molecule has 2 fully saturated rings. The molecule has 7 nitrogen and oxygen atoms in total. The number of nitrogens with zero attached hydrogens (tertiary/aromatic N) is 4. The molecular formula is C24H30N4O3. The molecule has 164 valence electrons. The van der Waals surface area contributed by atoms with E-state index in [-0.39, 0.29) is 12.0 Å². The molecule has 1 amide bonds. The van der Waals surface area contributed by atoms with Crippen LogP contribution in [0.2, 0.25) is 0 Å². The number of carbonyl (C=O) groups excluding carboxylic acids is 1. The van der Waals surface area contributed by atoms with Gasteiger partial charge in [-0.2, -0.15) is 0 Å². The van der Waals surface area contributed by atoms with Gasteiger partial charge in [0, 0.05) is 37.7 Å². The highest BCUT2D eigenvalue weighted by Gasteiger charge is 2.28. The third-order valence-corrected chi connectivity index (χ3v) is 6.98. The zero-order chi connectivity index (χ0) is 21.4. The van der Waals surface area contributed by atoms with E-state index in [1.54, 1.807) is 18.5 Å². The normalized spacial score (nSPS) is 18.6. The fourth-order valence-electron chi connectivity index (χ4n) is 5.16. The van der Waals surface area contributed by atoms with Crippen LogP contribution in [0.1, 0.15) is 72.8 Å². The van der Waals surface area contributed by atoms with E-state index in [1.165, 1.54) is 49.6 Å². The minimum Gasteiger partial charge on any atom is -0.474 e. The van der Waals surface area contributed by atoms with E-state index in [2.05, 4.69) is 28.4 Å². The minimum atomic E-state index is -0.0519. The van der Waals surface area contributed by atoms with Gasteiger partial charge < -0.3 is 18.6 Å². The van der Waals surface area contributed by atoms with Crippen molar-refractivity contribution >= 4 is 16.9 Å². The molecule has 0 unspecified atom stereocenters. The standard InChI is InChI=1S/C24H30N4O3/c1-16-17(2)28(18-7-4-3-5-8-18)22-21(16)23(26-15-25-22)31-19-10-12-27(13-11-19)24(29)20-9-6-14-30-20/h6,9,14-15,18-19H,3-5,7-8,10-13H2,1-2H3. The Bertz CT molecular complexity index is 1060. The van der Waals surface area contributed by atoms with Gasteiger partial charge in [0.05, 0.1) is 11.6 Å². The molecule has 0 N–H and O–H groups in total. The first-order valence-corrected chi connectivity index (χ1v) is 11.4. The summed E-state index contributed by atoms with van der Waals surface area (Å²) in [6, 6.07) is 3.97. The Kier molecular flexibility index (Phi) is 5.42. The maximum Gasteiger partial charge on any atom is 0.289 e. The van der Waals surface area contributed by atoms with Crippen LogP contribution in [0.5, 0.6) is 5.88 Å². The molecule has 1 saturated carbocycles. The van der Waals surface area contributed by atoms with Gasteiger partial charge in [-0.1, -0.05) is 19.3 Å². The summed E-state index contributed by atoms with van der Waals surface area (Å²) in [7, 11) is 0. The van der Waals surface area contributed by atoms with Gasteiger partial charge in [-0.15, -0.1) is 0 Å². The number of carbonyl (C=O) groups is 1. The topological polar surface area (TPSA) is 73.4 Å². The van der Waals surface area contributed by atoms with Gasteiger partial charge in [0.25, 0.3) is 5.91 Å². The van der Waals surface area contributed by atoms with Crippen molar-refractivity contribution in [1.29, 1.82) is 0 Å². The number of aromatic nitrogens is 3. The Balaban J connectivity index is 1.34. The Morgan fingerprint density at radius 3 is 2.58 bits per heavy atom. The van der Waals surface area contributed by atoms with E-state index >= 15 is 0 Å². The Hall–Kier alpha value is -2.83. The number of furan rings is 1. The van der Waals surface area contributed by atoms with Gasteiger partial charge in [-0.25, -0.2) is 9.97 Å². The number of hydrogen-bond donors (Lipinski definition) is 0. The van der Waals surface area contributed by atoms with Crippen molar-refractivity contribution in [2.45, 2.75) is 70.9 Å². The molecule has 1 aliphatic carbocycles. The first-order chi connectivity index (χ1) is 15.1. The summed E-state index contributed by atoms with van der Waals surface area (Å²) in [4.78, 5) is 23.5. The zero-order valence-electron chi connectivity index (χ0n) is 18.3. The number of fused-ring (bicyclic) bond motifs is 1. The Labute approximate surface area is 182 Å². The van der Waals surface area contributed by atoms with Crippen LogP contribution in [0.3, 0.4) is 0 Å². The van der Waals surface area contributed by atoms with Crippen molar-refractivity contribution < 1.29 is 13.9 Å². The smallest absolute Gasteiger partial charge is 0.289 e. The second-order valence-corrected chi connectivity index (χ2v) is 8.84. The van der Waals surface area contributed by atoms with Crippen LogP contribution in [0.4, 0.5) is 0 Å². The number of hydrogen-bond acceptors (Lipinski definition) is 5. The van der Waals surface area contributed by atoms with E-state index in [0.717, 1.165) is 23.9 Å². The summed E-state index contributed by atoms with van der Waals surface area (Å²) in [5, 5.41) is 1.04. The highest BCUT2D eigenvalue weighted by molar-refractivity contribution is 5.91. The second kappa shape index (κ2) is 8.36. The first kappa shape index (κ1) is 20.1. The van der Waals surface area contributed by atoms with Gasteiger partial charge in [-0.05, 0) is 44.4 Å².